The van der Waals surface area contributed by atoms with Crippen LogP contribution in [0.4, 0.5) is 17.1 Å². The molecular weight excluding hydrogens is 434 g/mol. The van der Waals surface area contributed by atoms with Gasteiger partial charge in [-0.2, -0.15) is 0 Å². The lowest BCUT2D eigenvalue weighted by Crippen LogP contribution is -2.10. The summed E-state index contributed by atoms with van der Waals surface area (Å²) in [5.74, 6) is 0. The summed E-state index contributed by atoms with van der Waals surface area (Å²) in [5.41, 5.74) is 9.79. The van der Waals surface area contributed by atoms with Crippen LogP contribution in [0.2, 0.25) is 0 Å². The highest BCUT2D eigenvalue weighted by Gasteiger charge is 2.16. The van der Waals surface area contributed by atoms with Crippen molar-refractivity contribution in [3.05, 3.63) is 138 Å². The number of nitrogens with zero attached hydrogens (tertiary/aromatic N) is 1. The number of rotatable bonds is 4. The highest BCUT2D eigenvalue weighted by atomic mass is 15.1. The average molecular weight is 464 g/mol. The molecule has 0 amide bonds. The molecule has 1 nitrogen and oxygen atoms in total. The molecule has 6 aromatic carbocycles. The minimum atomic E-state index is 1.15. The van der Waals surface area contributed by atoms with Gasteiger partial charge in [-0.3, -0.25) is 0 Å². The van der Waals surface area contributed by atoms with Crippen LogP contribution in [0, 0.1) is 20.8 Å². The Kier molecular flexibility index (Phi) is 5.54. The van der Waals surface area contributed by atoms with Gasteiger partial charge in [0.1, 0.15) is 0 Å². The molecule has 174 valence electrons. The van der Waals surface area contributed by atoms with Crippen LogP contribution in [-0.4, -0.2) is 0 Å². The first-order chi connectivity index (χ1) is 17.6. The van der Waals surface area contributed by atoms with Gasteiger partial charge in [-0.15, -0.1) is 0 Å². The van der Waals surface area contributed by atoms with Crippen LogP contribution in [0.25, 0.3) is 32.7 Å². The SMILES string of the molecule is Cc1ccc(N(c2ccc(C)cc2)c2ccc(C)c(-c3cc4ccccc4c4ccccc34)c2)cc1. The lowest BCUT2D eigenvalue weighted by Gasteiger charge is -2.27. The van der Waals surface area contributed by atoms with Gasteiger partial charge in [0.2, 0.25) is 0 Å². The second kappa shape index (κ2) is 9.02. The fourth-order valence-electron chi connectivity index (χ4n) is 5.15. The molecule has 0 saturated carbocycles. The summed E-state index contributed by atoms with van der Waals surface area (Å²) >= 11 is 0. The number of benzene rings is 6. The Labute approximate surface area is 213 Å². The molecule has 36 heavy (non-hydrogen) atoms. The van der Waals surface area contributed by atoms with Gasteiger partial charge in [-0.05, 0) is 101 Å². The molecule has 0 fully saturated rings. The number of fused-ring (bicyclic) bond motifs is 3. The Morgan fingerprint density at radius 3 is 1.58 bits per heavy atom. The molecule has 0 N–H and O–H groups in total. The van der Waals surface area contributed by atoms with Crippen LogP contribution in [0.5, 0.6) is 0 Å². The molecule has 0 saturated heterocycles. The molecule has 0 heterocycles. The largest absolute Gasteiger partial charge is 0.310 e. The number of hydrogen-bond acceptors (Lipinski definition) is 1. The molecule has 6 rings (SSSR count). The summed E-state index contributed by atoms with van der Waals surface area (Å²) in [5, 5.41) is 5.15. The third-order valence-electron chi connectivity index (χ3n) is 7.12. The van der Waals surface area contributed by atoms with Crippen molar-refractivity contribution in [2.45, 2.75) is 20.8 Å². The minimum absolute atomic E-state index is 1.15. The van der Waals surface area contributed by atoms with E-state index in [0.29, 0.717) is 0 Å². The highest BCUT2D eigenvalue weighted by Crippen LogP contribution is 2.41. The van der Waals surface area contributed by atoms with E-state index in [1.165, 1.54) is 49.4 Å². The molecule has 0 bridgehead atoms. The first-order valence-electron chi connectivity index (χ1n) is 12.5. The van der Waals surface area contributed by atoms with E-state index in [2.05, 4.69) is 147 Å². The van der Waals surface area contributed by atoms with Crippen molar-refractivity contribution in [2.24, 2.45) is 0 Å². The smallest absolute Gasteiger partial charge is 0.0467 e. The number of hydrogen-bond donors (Lipinski definition) is 0. The van der Waals surface area contributed by atoms with Gasteiger partial charge in [0.15, 0.2) is 0 Å². The summed E-state index contributed by atoms with van der Waals surface area (Å²) < 4.78 is 0. The molecule has 0 aliphatic carbocycles. The van der Waals surface area contributed by atoms with E-state index in [0.717, 1.165) is 17.1 Å². The Bertz CT molecular complexity index is 1650. The third-order valence-corrected chi connectivity index (χ3v) is 7.12. The van der Waals surface area contributed by atoms with E-state index < -0.39 is 0 Å². The molecule has 0 aliphatic heterocycles. The fraction of sp³-hybridized carbons (Fsp3) is 0.0857. The van der Waals surface area contributed by atoms with Gasteiger partial charge in [0.05, 0.1) is 0 Å². The van der Waals surface area contributed by atoms with E-state index in [9.17, 15) is 0 Å². The lowest BCUT2D eigenvalue weighted by molar-refractivity contribution is 1.26. The van der Waals surface area contributed by atoms with Crippen molar-refractivity contribution in [3.8, 4) is 11.1 Å². The molecule has 0 atom stereocenters. The standard InChI is InChI=1S/C35H29N/c1-24-12-17-28(18-13-24)36(29-19-14-25(2)15-20-29)30-21-16-26(3)34(23-30)35-22-27-8-4-5-9-31(27)32-10-6-7-11-33(32)35/h4-23H,1-3H3. The Morgan fingerprint density at radius 2 is 0.944 bits per heavy atom. The molecule has 1 heteroatoms. The summed E-state index contributed by atoms with van der Waals surface area (Å²) in [4.78, 5) is 2.35. The Hall–Kier alpha value is -4.36. The predicted octanol–water partition coefficient (Wildman–Crippen LogP) is 10.1. The monoisotopic (exact) mass is 463 g/mol. The molecule has 0 spiro atoms. The molecule has 0 unspecified atom stereocenters. The minimum Gasteiger partial charge on any atom is -0.310 e. The zero-order chi connectivity index (χ0) is 24.6. The quantitative estimate of drug-likeness (QED) is 0.235. The van der Waals surface area contributed by atoms with E-state index in [-0.39, 0.29) is 0 Å². The fourth-order valence-corrected chi connectivity index (χ4v) is 5.15. The first kappa shape index (κ1) is 22.1. The molecule has 0 aromatic heterocycles. The van der Waals surface area contributed by atoms with Gasteiger partial charge in [0, 0.05) is 17.1 Å². The van der Waals surface area contributed by atoms with Crippen LogP contribution in [-0.2, 0) is 0 Å². The zero-order valence-corrected chi connectivity index (χ0v) is 21.0. The number of aryl methyl sites for hydroxylation is 3. The van der Waals surface area contributed by atoms with E-state index >= 15 is 0 Å². The topological polar surface area (TPSA) is 3.24 Å². The Morgan fingerprint density at radius 1 is 0.417 bits per heavy atom. The second-order valence-electron chi connectivity index (χ2n) is 9.70. The van der Waals surface area contributed by atoms with Crippen LogP contribution in [0.15, 0.2) is 121 Å². The van der Waals surface area contributed by atoms with Crippen LogP contribution >= 0.6 is 0 Å². The van der Waals surface area contributed by atoms with Gasteiger partial charge in [0.25, 0.3) is 0 Å². The third kappa shape index (κ3) is 3.93. The maximum atomic E-state index is 2.35. The molecular formula is C35H29N. The van der Waals surface area contributed by atoms with Gasteiger partial charge >= 0.3 is 0 Å². The summed E-state index contributed by atoms with van der Waals surface area (Å²) in [7, 11) is 0. The Balaban J connectivity index is 1.59. The molecule has 6 aromatic rings. The number of anilines is 3. The highest BCUT2D eigenvalue weighted by molar-refractivity contribution is 6.14. The van der Waals surface area contributed by atoms with Crippen molar-refractivity contribution in [1.29, 1.82) is 0 Å². The second-order valence-corrected chi connectivity index (χ2v) is 9.70. The van der Waals surface area contributed by atoms with Crippen LogP contribution < -0.4 is 4.90 Å². The van der Waals surface area contributed by atoms with Crippen molar-refractivity contribution in [2.75, 3.05) is 4.90 Å². The first-order valence-corrected chi connectivity index (χ1v) is 12.5. The van der Waals surface area contributed by atoms with E-state index in [1.807, 2.05) is 0 Å². The van der Waals surface area contributed by atoms with Crippen LogP contribution in [0.1, 0.15) is 16.7 Å². The lowest BCUT2D eigenvalue weighted by atomic mass is 9.91. The predicted molar refractivity (Wildman–Crippen MR) is 156 cm³/mol. The van der Waals surface area contributed by atoms with Crippen molar-refractivity contribution in [3.63, 3.8) is 0 Å². The van der Waals surface area contributed by atoms with E-state index in [1.54, 1.807) is 0 Å². The maximum Gasteiger partial charge on any atom is 0.0467 e. The van der Waals surface area contributed by atoms with Crippen LogP contribution in [0.3, 0.4) is 0 Å². The maximum absolute atomic E-state index is 2.35. The van der Waals surface area contributed by atoms with Crippen molar-refractivity contribution in [1.82, 2.24) is 0 Å². The normalized spacial score (nSPS) is 11.2. The molecule has 0 aliphatic rings. The van der Waals surface area contributed by atoms with Crippen molar-refractivity contribution >= 4 is 38.6 Å². The van der Waals surface area contributed by atoms with Gasteiger partial charge in [-0.1, -0.05) is 90.0 Å². The van der Waals surface area contributed by atoms with Crippen molar-refractivity contribution < 1.29 is 0 Å². The van der Waals surface area contributed by atoms with Gasteiger partial charge in [-0.25, -0.2) is 0 Å². The summed E-state index contributed by atoms with van der Waals surface area (Å²) in [6, 6.07) is 44.2. The van der Waals surface area contributed by atoms with Gasteiger partial charge < -0.3 is 4.90 Å². The molecule has 0 radical (unpaired) electrons. The summed E-state index contributed by atoms with van der Waals surface area (Å²) in [6.07, 6.45) is 0. The van der Waals surface area contributed by atoms with E-state index in [4.69, 9.17) is 0 Å². The average Bonchev–Trinajstić information content (AvgIpc) is 2.91. The summed E-state index contributed by atoms with van der Waals surface area (Å²) in [6.45, 7) is 6.48. The zero-order valence-electron chi connectivity index (χ0n) is 21.0.